The van der Waals surface area contributed by atoms with E-state index in [9.17, 15) is 18.0 Å². The first kappa shape index (κ1) is 34.7. The number of nitrogens with one attached hydrogen (secondary N) is 1. The molecule has 1 unspecified atom stereocenters. The first-order valence-electron chi connectivity index (χ1n) is 14.0. The molecule has 1 atom stereocenters. The fourth-order valence-electron chi connectivity index (χ4n) is 4.40. The Kier molecular flexibility index (Phi) is 13.2. The van der Waals surface area contributed by atoms with Crippen LogP contribution >= 0.6 is 39.1 Å². The maximum Gasteiger partial charge on any atom is 0.264 e. The third-order valence-electron chi connectivity index (χ3n) is 6.69. The number of ether oxygens (including phenoxy) is 1. The van der Waals surface area contributed by atoms with Gasteiger partial charge in [0.15, 0.2) is 0 Å². The van der Waals surface area contributed by atoms with Crippen LogP contribution < -0.4 is 14.4 Å². The number of carbonyl (C=O) groups excluding carboxylic acids is 2. The minimum absolute atomic E-state index is 0.00836. The van der Waals surface area contributed by atoms with Gasteiger partial charge in [0, 0.05) is 27.6 Å². The lowest BCUT2D eigenvalue weighted by atomic mass is 10.1. The van der Waals surface area contributed by atoms with Crippen molar-refractivity contribution in [1.29, 1.82) is 0 Å². The highest BCUT2D eigenvalue weighted by molar-refractivity contribution is 9.10. The van der Waals surface area contributed by atoms with Crippen molar-refractivity contribution in [2.45, 2.75) is 57.5 Å². The maximum absolute atomic E-state index is 14.2. The molecule has 0 fully saturated rings. The summed E-state index contributed by atoms with van der Waals surface area (Å²) < 4.78 is 35.3. The Hall–Kier alpha value is -2.79. The van der Waals surface area contributed by atoms with Gasteiger partial charge in [0.05, 0.1) is 17.2 Å². The Bertz CT molecular complexity index is 1490. The molecule has 1 N–H and O–H groups in total. The van der Waals surface area contributed by atoms with Crippen LogP contribution in [0.3, 0.4) is 0 Å². The van der Waals surface area contributed by atoms with Crippen LogP contribution in [0.5, 0.6) is 5.75 Å². The minimum atomic E-state index is -4.20. The largest absolute Gasteiger partial charge is 0.494 e. The topological polar surface area (TPSA) is 96.0 Å². The van der Waals surface area contributed by atoms with Crippen LogP contribution in [0.1, 0.15) is 45.6 Å². The zero-order chi connectivity index (χ0) is 31.6. The van der Waals surface area contributed by atoms with Crippen molar-refractivity contribution in [3.05, 3.63) is 86.8 Å². The predicted molar refractivity (Wildman–Crippen MR) is 175 cm³/mol. The van der Waals surface area contributed by atoms with Crippen molar-refractivity contribution in [2.75, 3.05) is 24.0 Å². The number of hydrogen-bond donors (Lipinski definition) is 1. The number of amides is 2. The average Bonchev–Trinajstić information content (AvgIpc) is 2.97. The van der Waals surface area contributed by atoms with Crippen LogP contribution in [-0.4, -0.2) is 50.9 Å². The van der Waals surface area contributed by atoms with Gasteiger partial charge in [-0.1, -0.05) is 65.5 Å². The molecule has 0 bridgehead atoms. The van der Waals surface area contributed by atoms with Gasteiger partial charge in [-0.15, -0.1) is 0 Å². The van der Waals surface area contributed by atoms with Gasteiger partial charge in [0.25, 0.3) is 10.0 Å². The number of carbonyl (C=O) groups is 2. The summed E-state index contributed by atoms with van der Waals surface area (Å²) in [5.74, 6) is -0.330. The number of hydrogen-bond acceptors (Lipinski definition) is 5. The summed E-state index contributed by atoms with van der Waals surface area (Å²) in [5.41, 5.74) is 0.840. The Morgan fingerprint density at radius 1 is 0.977 bits per heavy atom. The highest BCUT2D eigenvalue weighted by Gasteiger charge is 2.34. The zero-order valence-corrected chi connectivity index (χ0v) is 28.3. The molecule has 0 saturated heterocycles. The fourth-order valence-corrected chi connectivity index (χ4v) is 6.54. The van der Waals surface area contributed by atoms with Crippen molar-refractivity contribution in [1.82, 2.24) is 10.2 Å². The number of anilines is 1. The van der Waals surface area contributed by atoms with Gasteiger partial charge in [-0.2, -0.15) is 0 Å². The quantitative estimate of drug-likeness (QED) is 0.170. The van der Waals surface area contributed by atoms with Gasteiger partial charge in [0.1, 0.15) is 18.3 Å². The zero-order valence-electron chi connectivity index (χ0n) is 24.4. The normalized spacial score (nSPS) is 12.0. The Morgan fingerprint density at radius 3 is 2.23 bits per heavy atom. The van der Waals surface area contributed by atoms with Crippen LogP contribution in [-0.2, 0) is 26.2 Å². The van der Waals surface area contributed by atoms with Crippen LogP contribution in [0, 0.1) is 0 Å². The minimum Gasteiger partial charge on any atom is -0.494 e. The first-order chi connectivity index (χ1) is 20.5. The van der Waals surface area contributed by atoms with Crippen LogP contribution in [0.2, 0.25) is 10.0 Å². The van der Waals surface area contributed by atoms with Gasteiger partial charge in [-0.05, 0) is 86.0 Å². The molecule has 0 saturated carbocycles. The van der Waals surface area contributed by atoms with Crippen molar-refractivity contribution < 1.29 is 22.7 Å². The monoisotopic (exact) mass is 711 g/mol. The molecule has 0 radical (unpaired) electrons. The lowest BCUT2D eigenvalue weighted by Gasteiger charge is -2.33. The fraction of sp³-hybridized carbons (Fsp3) is 0.355. The van der Waals surface area contributed by atoms with Crippen molar-refractivity contribution in [2.24, 2.45) is 0 Å². The van der Waals surface area contributed by atoms with E-state index in [1.807, 2.05) is 13.8 Å². The molecule has 12 heteroatoms. The highest BCUT2D eigenvalue weighted by Crippen LogP contribution is 2.28. The average molecular weight is 714 g/mol. The second-order valence-corrected chi connectivity index (χ2v) is 13.3. The molecule has 0 heterocycles. The lowest BCUT2D eigenvalue weighted by Crippen LogP contribution is -2.52. The molecule has 2 amide bonds. The van der Waals surface area contributed by atoms with E-state index in [1.165, 1.54) is 17.0 Å². The second kappa shape index (κ2) is 16.3. The number of nitrogens with zero attached hydrogens (tertiary/aromatic N) is 2. The van der Waals surface area contributed by atoms with Gasteiger partial charge in [0.2, 0.25) is 11.8 Å². The Morgan fingerprint density at radius 2 is 1.65 bits per heavy atom. The number of unbranched alkanes of at least 4 members (excludes halogenated alkanes) is 1. The van der Waals surface area contributed by atoms with Gasteiger partial charge < -0.3 is 15.0 Å². The van der Waals surface area contributed by atoms with E-state index in [2.05, 4.69) is 21.2 Å². The molecule has 43 heavy (non-hydrogen) atoms. The van der Waals surface area contributed by atoms with Crippen molar-refractivity contribution >= 4 is 66.7 Å². The smallest absolute Gasteiger partial charge is 0.264 e. The Balaban J connectivity index is 2.06. The van der Waals surface area contributed by atoms with Gasteiger partial charge in [-0.3, -0.25) is 13.9 Å². The summed E-state index contributed by atoms with van der Waals surface area (Å²) in [6.45, 7) is 5.99. The molecule has 0 aliphatic rings. The SMILES string of the molecule is CCCCNC(=O)C(CC)N(Cc1ccc(Cl)cc1Cl)C(=O)CN(c1ccc(OCC)cc1)S(=O)(=O)c1ccc(Br)cc1. The summed E-state index contributed by atoms with van der Waals surface area (Å²) in [6, 6.07) is 16.7. The number of sulfonamides is 1. The third kappa shape index (κ3) is 9.35. The lowest BCUT2D eigenvalue weighted by molar-refractivity contribution is -0.140. The molecule has 8 nitrogen and oxygen atoms in total. The Labute approximate surface area is 272 Å². The number of benzene rings is 3. The molecular formula is C31H36BrCl2N3O5S. The summed E-state index contributed by atoms with van der Waals surface area (Å²) >= 11 is 15.9. The van der Waals surface area contributed by atoms with E-state index in [0.29, 0.717) is 45.4 Å². The standard InChI is InChI=1S/C31H36BrCl2N3O5S/c1-4-7-18-35-31(39)29(5-2)36(20-22-8-11-24(33)19-28(22)34)30(38)21-37(25-12-14-26(15-13-25)42-6-3)43(40,41)27-16-9-23(32)10-17-27/h8-17,19,29H,4-7,18,20-21H2,1-3H3,(H,35,39). The van der Waals surface area contributed by atoms with E-state index in [-0.39, 0.29) is 23.0 Å². The highest BCUT2D eigenvalue weighted by atomic mass is 79.9. The van der Waals surface area contributed by atoms with E-state index in [0.717, 1.165) is 17.1 Å². The predicted octanol–water partition coefficient (Wildman–Crippen LogP) is 7.07. The van der Waals surface area contributed by atoms with Crippen LogP contribution in [0.25, 0.3) is 0 Å². The summed E-state index contributed by atoms with van der Waals surface area (Å²) in [5, 5.41) is 3.67. The molecule has 0 aliphatic carbocycles. The molecule has 232 valence electrons. The van der Waals surface area contributed by atoms with E-state index < -0.39 is 28.5 Å². The summed E-state index contributed by atoms with van der Waals surface area (Å²) in [7, 11) is -4.20. The molecule has 3 aromatic carbocycles. The summed E-state index contributed by atoms with van der Waals surface area (Å²) in [6.07, 6.45) is 1.98. The first-order valence-corrected chi connectivity index (χ1v) is 17.0. The van der Waals surface area contributed by atoms with Crippen LogP contribution in [0.15, 0.2) is 76.1 Å². The summed E-state index contributed by atoms with van der Waals surface area (Å²) in [4.78, 5) is 28.9. The molecule has 0 aromatic heterocycles. The van der Waals surface area contributed by atoms with E-state index >= 15 is 0 Å². The van der Waals surface area contributed by atoms with E-state index in [4.69, 9.17) is 27.9 Å². The van der Waals surface area contributed by atoms with Gasteiger partial charge in [-0.25, -0.2) is 8.42 Å². The van der Waals surface area contributed by atoms with E-state index in [1.54, 1.807) is 61.5 Å². The van der Waals surface area contributed by atoms with Crippen LogP contribution in [0.4, 0.5) is 5.69 Å². The molecule has 0 aliphatic heterocycles. The number of rotatable bonds is 15. The van der Waals surface area contributed by atoms with Crippen molar-refractivity contribution in [3.63, 3.8) is 0 Å². The molecule has 3 rings (SSSR count). The molecule has 3 aromatic rings. The van der Waals surface area contributed by atoms with Gasteiger partial charge >= 0.3 is 0 Å². The second-order valence-electron chi connectivity index (χ2n) is 9.72. The maximum atomic E-state index is 14.2. The number of halogens is 3. The van der Waals surface area contributed by atoms with Crippen molar-refractivity contribution in [3.8, 4) is 5.75 Å². The third-order valence-corrected chi connectivity index (χ3v) is 9.59. The molecule has 0 spiro atoms. The molecular weight excluding hydrogens is 677 g/mol.